The molecule has 4 aromatic rings. The van der Waals surface area contributed by atoms with Gasteiger partial charge in [-0.05, 0) is 37.9 Å². The highest BCUT2D eigenvalue weighted by molar-refractivity contribution is 5.68. The van der Waals surface area contributed by atoms with E-state index in [4.69, 9.17) is 4.52 Å². The fourth-order valence-electron chi connectivity index (χ4n) is 2.90. The zero-order chi connectivity index (χ0) is 19.5. The van der Waals surface area contributed by atoms with E-state index >= 15 is 0 Å². The lowest BCUT2D eigenvalue weighted by Gasteiger charge is -2.09. The Labute approximate surface area is 161 Å². The van der Waals surface area contributed by atoms with E-state index < -0.39 is 0 Å². The molecule has 2 aromatic heterocycles. The molecule has 0 aliphatic heterocycles. The van der Waals surface area contributed by atoms with E-state index in [2.05, 4.69) is 37.4 Å². The van der Waals surface area contributed by atoms with Crippen molar-refractivity contribution in [3.05, 3.63) is 76.6 Å². The summed E-state index contributed by atoms with van der Waals surface area (Å²) in [5.74, 6) is 0.970. The van der Waals surface area contributed by atoms with Crippen LogP contribution in [0.25, 0.3) is 34.1 Å². The first-order valence-electron chi connectivity index (χ1n) is 8.83. The van der Waals surface area contributed by atoms with Crippen LogP contribution in [0.4, 0.5) is 0 Å². The molecule has 0 spiro atoms. The molecule has 0 aliphatic rings. The van der Waals surface area contributed by atoms with Crippen molar-refractivity contribution in [2.45, 2.75) is 6.54 Å². The van der Waals surface area contributed by atoms with Gasteiger partial charge in [0.25, 0.3) is 11.4 Å². The Morgan fingerprint density at radius 3 is 2.46 bits per heavy atom. The molecule has 0 radical (unpaired) electrons. The molecule has 140 valence electrons. The summed E-state index contributed by atoms with van der Waals surface area (Å²) in [4.78, 5) is 17.8. The number of aromatic nitrogens is 4. The highest BCUT2D eigenvalue weighted by Gasteiger charge is 2.12. The van der Waals surface area contributed by atoms with E-state index in [9.17, 15) is 4.79 Å². The van der Waals surface area contributed by atoms with Gasteiger partial charge in [0, 0.05) is 29.3 Å². The van der Waals surface area contributed by atoms with Gasteiger partial charge in [-0.15, -0.1) is 0 Å². The lowest BCUT2D eigenvalue weighted by atomic mass is 10.1. The average Bonchev–Trinajstić information content (AvgIpc) is 3.19. The minimum Gasteiger partial charge on any atom is -0.334 e. The lowest BCUT2D eigenvalue weighted by Crippen LogP contribution is -2.10. The summed E-state index contributed by atoms with van der Waals surface area (Å²) in [6.07, 6.45) is 0. The van der Waals surface area contributed by atoms with Gasteiger partial charge in [-0.2, -0.15) is 10.1 Å². The van der Waals surface area contributed by atoms with Crippen LogP contribution < -0.4 is 5.56 Å². The molecule has 0 aliphatic carbocycles. The average molecular weight is 373 g/mol. The number of aromatic amines is 1. The van der Waals surface area contributed by atoms with Crippen molar-refractivity contribution in [2.24, 2.45) is 0 Å². The van der Waals surface area contributed by atoms with Crippen molar-refractivity contribution in [3.63, 3.8) is 0 Å². The van der Waals surface area contributed by atoms with Gasteiger partial charge in [0.05, 0.1) is 5.69 Å². The molecule has 0 fully saturated rings. The zero-order valence-corrected chi connectivity index (χ0v) is 15.6. The smallest absolute Gasteiger partial charge is 0.264 e. The molecular formula is C21H19N5O2. The lowest BCUT2D eigenvalue weighted by molar-refractivity contribution is 0.402. The Morgan fingerprint density at radius 1 is 0.964 bits per heavy atom. The molecule has 0 unspecified atom stereocenters. The minimum atomic E-state index is -0.238. The fraction of sp³-hybridized carbons (Fsp3) is 0.143. The Morgan fingerprint density at radius 2 is 1.75 bits per heavy atom. The second-order valence-electron chi connectivity index (χ2n) is 6.75. The summed E-state index contributed by atoms with van der Waals surface area (Å²) in [6, 6.07) is 18.8. The van der Waals surface area contributed by atoms with E-state index in [-0.39, 0.29) is 5.56 Å². The second-order valence-corrected chi connectivity index (χ2v) is 6.75. The van der Waals surface area contributed by atoms with Gasteiger partial charge in [-0.25, -0.2) is 5.10 Å². The van der Waals surface area contributed by atoms with Crippen molar-refractivity contribution in [1.82, 2.24) is 25.2 Å². The molecule has 1 N–H and O–H groups in total. The van der Waals surface area contributed by atoms with Crippen LogP contribution in [0.5, 0.6) is 0 Å². The predicted octanol–water partition coefficient (Wildman–Crippen LogP) is 3.22. The molecule has 2 heterocycles. The molecule has 4 rings (SSSR count). The van der Waals surface area contributed by atoms with Crippen LogP contribution in [0, 0.1) is 0 Å². The van der Waals surface area contributed by atoms with Crippen molar-refractivity contribution < 1.29 is 4.52 Å². The Balaban J connectivity index is 1.60. The molecule has 0 atom stereocenters. The number of hydrogen-bond acceptors (Lipinski definition) is 6. The molecule has 2 aromatic carbocycles. The van der Waals surface area contributed by atoms with Crippen LogP contribution >= 0.6 is 0 Å². The standard InChI is InChI=1S/C21H19N5O2/c1-26(2)13-14-6-8-15(9-7-14)20-22-21(28-25-20)17-5-3-4-16(12-17)18-10-11-19(27)24-23-18/h3-12H,13H2,1-2H3,(H,24,27). The normalized spacial score (nSPS) is 11.1. The molecule has 28 heavy (non-hydrogen) atoms. The summed E-state index contributed by atoms with van der Waals surface area (Å²) in [6.45, 7) is 0.878. The Bertz CT molecular complexity index is 1130. The number of hydrogen-bond donors (Lipinski definition) is 1. The third kappa shape index (κ3) is 3.89. The Hall–Kier alpha value is -3.58. The van der Waals surface area contributed by atoms with E-state index in [0.717, 1.165) is 23.2 Å². The number of nitrogens with zero attached hydrogens (tertiary/aromatic N) is 4. The summed E-state index contributed by atoms with van der Waals surface area (Å²) < 4.78 is 5.46. The topological polar surface area (TPSA) is 87.9 Å². The summed E-state index contributed by atoms with van der Waals surface area (Å²) >= 11 is 0. The van der Waals surface area contributed by atoms with Crippen LogP contribution in [0.3, 0.4) is 0 Å². The van der Waals surface area contributed by atoms with Crippen molar-refractivity contribution in [2.75, 3.05) is 14.1 Å². The van der Waals surface area contributed by atoms with Gasteiger partial charge in [-0.1, -0.05) is 41.6 Å². The van der Waals surface area contributed by atoms with Crippen molar-refractivity contribution in [1.29, 1.82) is 0 Å². The van der Waals surface area contributed by atoms with Crippen LogP contribution in [0.15, 0.2) is 70.0 Å². The maximum Gasteiger partial charge on any atom is 0.264 e. The van der Waals surface area contributed by atoms with E-state index in [1.807, 2.05) is 50.5 Å². The quantitative estimate of drug-likeness (QED) is 0.578. The van der Waals surface area contributed by atoms with Gasteiger partial charge in [0.1, 0.15) is 0 Å². The predicted molar refractivity (Wildman–Crippen MR) is 106 cm³/mol. The molecule has 0 bridgehead atoms. The summed E-state index contributed by atoms with van der Waals surface area (Å²) in [7, 11) is 4.08. The third-order valence-electron chi connectivity index (χ3n) is 4.22. The maximum atomic E-state index is 11.2. The highest BCUT2D eigenvalue weighted by Crippen LogP contribution is 2.26. The molecule has 0 saturated carbocycles. The SMILES string of the molecule is CN(C)Cc1ccc(-c2noc(-c3cccc(-c4ccc(=O)[nH]n4)c3)n2)cc1. The molecule has 0 amide bonds. The van der Waals surface area contributed by atoms with E-state index in [1.54, 1.807) is 6.07 Å². The number of benzene rings is 2. The van der Waals surface area contributed by atoms with Crippen LogP contribution in [-0.2, 0) is 6.54 Å². The first-order chi connectivity index (χ1) is 13.6. The first-order valence-corrected chi connectivity index (χ1v) is 8.83. The fourth-order valence-corrected chi connectivity index (χ4v) is 2.90. The molecular weight excluding hydrogens is 354 g/mol. The number of H-pyrrole nitrogens is 1. The van der Waals surface area contributed by atoms with Gasteiger partial charge in [0.2, 0.25) is 5.82 Å². The van der Waals surface area contributed by atoms with Crippen molar-refractivity contribution in [3.8, 4) is 34.1 Å². The molecule has 7 heteroatoms. The maximum absolute atomic E-state index is 11.2. The Kier molecular flexibility index (Phi) is 4.82. The van der Waals surface area contributed by atoms with Crippen molar-refractivity contribution >= 4 is 0 Å². The summed E-state index contributed by atoms with van der Waals surface area (Å²) in [5.41, 5.74) is 4.18. The highest BCUT2D eigenvalue weighted by atomic mass is 16.5. The molecule has 7 nitrogen and oxygen atoms in total. The monoisotopic (exact) mass is 373 g/mol. The third-order valence-corrected chi connectivity index (χ3v) is 4.22. The van der Waals surface area contributed by atoms with E-state index in [0.29, 0.717) is 17.4 Å². The molecule has 0 saturated heterocycles. The van der Waals surface area contributed by atoms with Crippen LogP contribution in [-0.4, -0.2) is 39.3 Å². The van der Waals surface area contributed by atoms with Gasteiger partial charge in [0.15, 0.2) is 0 Å². The van der Waals surface area contributed by atoms with Crippen LogP contribution in [0.1, 0.15) is 5.56 Å². The second kappa shape index (κ2) is 7.58. The number of rotatable bonds is 5. The van der Waals surface area contributed by atoms with Gasteiger partial charge >= 0.3 is 0 Å². The largest absolute Gasteiger partial charge is 0.334 e. The van der Waals surface area contributed by atoms with Gasteiger partial charge < -0.3 is 9.42 Å². The zero-order valence-electron chi connectivity index (χ0n) is 15.6. The van der Waals surface area contributed by atoms with Crippen LogP contribution in [0.2, 0.25) is 0 Å². The van der Waals surface area contributed by atoms with Gasteiger partial charge in [-0.3, -0.25) is 4.79 Å². The minimum absolute atomic E-state index is 0.238. The first kappa shape index (κ1) is 17.8. The number of nitrogens with one attached hydrogen (secondary N) is 1. The van der Waals surface area contributed by atoms with E-state index in [1.165, 1.54) is 11.6 Å². The summed E-state index contributed by atoms with van der Waals surface area (Å²) in [5, 5.41) is 10.6.